The van der Waals surface area contributed by atoms with E-state index in [1.807, 2.05) is 54.6 Å². The zero-order valence-corrected chi connectivity index (χ0v) is 26.7. The Bertz CT molecular complexity index is 1490. The van der Waals surface area contributed by atoms with Gasteiger partial charge in [0.05, 0.1) is 40.7 Å². The van der Waals surface area contributed by atoms with E-state index in [0.717, 1.165) is 22.8 Å². The van der Waals surface area contributed by atoms with Gasteiger partial charge in [0.25, 0.3) is 0 Å². The van der Waals surface area contributed by atoms with Gasteiger partial charge in [-0.3, -0.25) is 9.97 Å². The standard InChI is InChI=1S/C15H11N3.3C5H4O2S.Er.H2O/c1-3-10-16-12(6-1)14-8-5-9-15(18-14)13-7-2-4-11-17-13;3*6-5(7)4-2-1-3-8-4;;/h1-11H;3*1-3H,(H,6,7);;1H2/q;;;;+3;/p-2. The first kappa shape index (κ1) is 38.2. The molecule has 14 heteroatoms. The van der Waals surface area contributed by atoms with Crippen LogP contribution in [0.1, 0.15) is 29.0 Å². The summed E-state index contributed by atoms with van der Waals surface area (Å²) >= 11 is 3.51. The van der Waals surface area contributed by atoms with Gasteiger partial charge in [0, 0.05) is 27.0 Å². The van der Waals surface area contributed by atoms with Crippen LogP contribution in [-0.4, -0.2) is 32.9 Å². The fraction of sp³-hybridized carbons (Fsp3) is 0. The molecule has 10 nitrogen and oxygen atoms in total. The predicted molar refractivity (Wildman–Crippen MR) is 162 cm³/mol. The largest absolute Gasteiger partial charge is 3.00 e. The molecule has 0 aliphatic heterocycles. The second-order valence-corrected chi connectivity index (χ2v) is 10.5. The minimum atomic E-state index is -1.10. The van der Waals surface area contributed by atoms with Crippen molar-refractivity contribution >= 4 is 51.9 Å². The Morgan fingerprint density at radius 3 is 1.05 bits per heavy atom. The van der Waals surface area contributed by atoms with Gasteiger partial charge in [0.2, 0.25) is 0 Å². The van der Waals surface area contributed by atoms with Gasteiger partial charge in [-0.15, -0.1) is 34.0 Å². The maximum absolute atomic E-state index is 9.96. The van der Waals surface area contributed by atoms with Crippen LogP contribution in [0, 0.1) is 37.3 Å². The molecule has 1 radical (unpaired) electrons. The fourth-order valence-corrected chi connectivity index (χ4v) is 4.60. The molecule has 6 heterocycles. The first-order valence-electron chi connectivity index (χ1n) is 11.9. The van der Waals surface area contributed by atoms with E-state index in [9.17, 15) is 29.7 Å². The van der Waals surface area contributed by atoms with Gasteiger partial charge in [0.1, 0.15) is 0 Å². The first-order valence-corrected chi connectivity index (χ1v) is 14.5. The number of nitrogens with zero attached hydrogens (tertiary/aromatic N) is 3. The van der Waals surface area contributed by atoms with E-state index in [0.29, 0.717) is 0 Å². The Hall–Kier alpha value is -3.83. The van der Waals surface area contributed by atoms with Gasteiger partial charge in [-0.05, 0) is 70.7 Å². The summed E-state index contributed by atoms with van der Waals surface area (Å²) in [7, 11) is 0. The van der Waals surface area contributed by atoms with E-state index < -0.39 is 17.9 Å². The summed E-state index contributed by atoms with van der Waals surface area (Å²) in [6, 6.07) is 27.0. The molecule has 3 N–H and O–H groups in total. The van der Waals surface area contributed by atoms with Gasteiger partial charge in [-0.25, -0.2) is 4.98 Å². The zero-order chi connectivity index (χ0) is 30.2. The van der Waals surface area contributed by atoms with Crippen molar-refractivity contribution in [3.8, 4) is 22.8 Å². The van der Waals surface area contributed by atoms with Gasteiger partial charge in [0.15, 0.2) is 0 Å². The van der Waals surface area contributed by atoms with Crippen molar-refractivity contribution in [1.29, 1.82) is 0 Å². The Labute approximate surface area is 293 Å². The second-order valence-electron chi connectivity index (χ2n) is 7.63. The number of hydrogen-bond donors (Lipinski definition) is 0. The van der Waals surface area contributed by atoms with Crippen molar-refractivity contribution in [2.45, 2.75) is 0 Å². The van der Waals surface area contributed by atoms with Crippen LogP contribution >= 0.6 is 34.0 Å². The maximum Gasteiger partial charge on any atom is 3.00 e. The summed E-state index contributed by atoms with van der Waals surface area (Å²) in [5.41, 5.74) is 3.46. The summed E-state index contributed by atoms with van der Waals surface area (Å²) in [6.45, 7) is 0. The molecule has 6 aromatic heterocycles. The van der Waals surface area contributed by atoms with Crippen LogP contribution in [0.4, 0.5) is 0 Å². The average Bonchev–Trinajstić information content (AvgIpc) is 3.83. The molecular formula is C30H23ErN3O7S3+. The Morgan fingerprint density at radius 1 is 0.477 bits per heavy atom. The number of aromatic carboxylic acids is 3. The number of carboxylic acids is 3. The van der Waals surface area contributed by atoms with Crippen molar-refractivity contribution in [2.24, 2.45) is 0 Å². The van der Waals surface area contributed by atoms with Crippen LogP contribution in [0.2, 0.25) is 0 Å². The SMILES string of the molecule is O=C([O-])c1cccs1.O=C([O-])c1cccs1.O=C([O-])c1cccs1.[Er+3].[OH3+].c1ccc(-c2cccc(-c3ccccn3)n2)nc1. The molecule has 0 atom stereocenters. The molecule has 0 saturated carbocycles. The smallest absolute Gasteiger partial charge is 0.544 e. The third-order valence-electron chi connectivity index (χ3n) is 4.77. The maximum atomic E-state index is 9.96. The molecule has 6 aromatic rings. The minimum Gasteiger partial charge on any atom is -0.544 e. The first-order chi connectivity index (χ1) is 20.3. The molecule has 0 bridgehead atoms. The van der Waals surface area contributed by atoms with Crippen LogP contribution in [0.25, 0.3) is 22.8 Å². The number of aromatic nitrogens is 3. The normalized spacial score (nSPS) is 9.09. The molecule has 0 saturated heterocycles. The second kappa shape index (κ2) is 21.0. The van der Waals surface area contributed by atoms with Crippen LogP contribution < -0.4 is 15.3 Å². The molecule has 0 aliphatic rings. The van der Waals surface area contributed by atoms with Crippen molar-refractivity contribution in [3.05, 3.63) is 134 Å². The van der Waals surface area contributed by atoms with Crippen LogP contribution in [0.3, 0.4) is 0 Å². The number of carbonyl (C=O) groups excluding carboxylic acids is 3. The van der Waals surface area contributed by atoms with Crippen molar-refractivity contribution in [1.82, 2.24) is 15.0 Å². The van der Waals surface area contributed by atoms with Crippen LogP contribution in [0.5, 0.6) is 0 Å². The number of thiophene rings is 3. The summed E-state index contributed by atoms with van der Waals surface area (Å²) in [6.07, 6.45) is 3.54. The fourth-order valence-electron chi connectivity index (χ4n) is 2.93. The Balaban J connectivity index is 0.000000316. The summed E-state index contributed by atoms with van der Waals surface area (Å²) in [5.74, 6) is -3.29. The number of hydrogen-bond acceptors (Lipinski definition) is 12. The van der Waals surface area contributed by atoms with Gasteiger partial charge in [-0.1, -0.05) is 36.4 Å². The molecule has 0 spiro atoms. The van der Waals surface area contributed by atoms with Crippen molar-refractivity contribution < 1.29 is 72.5 Å². The van der Waals surface area contributed by atoms with E-state index in [-0.39, 0.29) is 57.4 Å². The van der Waals surface area contributed by atoms with E-state index in [1.54, 1.807) is 46.7 Å². The van der Waals surface area contributed by atoms with Crippen molar-refractivity contribution in [3.63, 3.8) is 0 Å². The molecule has 0 amide bonds. The molecule has 0 fully saturated rings. The van der Waals surface area contributed by atoms with E-state index in [4.69, 9.17) is 0 Å². The number of rotatable bonds is 5. The molecule has 6 rings (SSSR count). The molecule has 44 heavy (non-hydrogen) atoms. The molecular weight excluding hydrogens is 778 g/mol. The minimum absolute atomic E-state index is 0. The predicted octanol–water partition coefficient (Wildman–Crippen LogP) is 2.62. The molecule has 229 valence electrons. The number of carbonyl (C=O) groups is 3. The van der Waals surface area contributed by atoms with Crippen LogP contribution in [0.15, 0.2) is 120 Å². The third kappa shape index (κ3) is 13.2. The molecule has 0 unspecified atom stereocenters. The third-order valence-corrected chi connectivity index (χ3v) is 7.32. The number of carboxylic acid groups (broad SMARTS) is 3. The summed E-state index contributed by atoms with van der Waals surface area (Å²) < 4.78 is 0. The monoisotopic (exact) mass is 799 g/mol. The molecule has 0 aromatic carbocycles. The number of pyridine rings is 3. The van der Waals surface area contributed by atoms with Gasteiger partial charge in [-0.2, -0.15) is 0 Å². The topological polar surface area (TPSA) is 192 Å². The van der Waals surface area contributed by atoms with Crippen LogP contribution in [-0.2, 0) is 5.48 Å². The quantitative estimate of drug-likeness (QED) is 0.236. The van der Waals surface area contributed by atoms with E-state index in [2.05, 4.69) is 15.0 Å². The van der Waals surface area contributed by atoms with E-state index >= 15 is 0 Å². The summed E-state index contributed by atoms with van der Waals surface area (Å²) in [5, 5.41) is 35.0. The summed E-state index contributed by atoms with van der Waals surface area (Å²) in [4.78, 5) is 43.9. The Morgan fingerprint density at radius 2 is 0.818 bits per heavy atom. The van der Waals surface area contributed by atoms with Gasteiger partial charge < -0.3 is 35.2 Å². The van der Waals surface area contributed by atoms with Crippen molar-refractivity contribution in [2.75, 3.05) is 0 Å². The Kier molecular flexibility index (Phi) is 18.2. The zero-order valence-electron chi connectivity index (χ0n) is 22.4. The van der Waals surface area contributed by atoms with E-state index in [1.165, 1.54) is 52.2 Å². The molecule has 0 aliphatic carbocycles. The van der Waals surface area contributed by atoms with Gasteiger partial charge >= 0.3 is 37.3 Å². The average molecular weight is 801 g/mol.